The lowest BCUT2D eigenvalue weighted by molar-refractivity contribution is 0.182. The number of thioether (sulfide) groups is 1. The Morgan fingerprint density at radius 1 is 1.30 bits per heavy atom. The molecule has 1 aliphatic rings. The molecule has 0 bridgehead atoms. The van der Waals surface area contributed by atoms with E-state index in [2.05, 4.69) is 27.5 Å². The molecule has 0 saturated carbocycles. The summed E-state index contributed by atoms with van der Waals surface area (Å²) in [5.41, 5.74) is 0.872. The Morgan fingerprint density at radius 3 is 3.00 bits per heavy atom. The van der Waals surface area contributed by atoms with Gasteiger partial charge in [0.15, 0.2) is 0 Å². The molecule has 1 fully saturated rings. The van der Waals surface area contributed by atoms with E-state index in [9.17, 15) is 0 Å². The fourth-order valence-electron chi connectivity index (χ4n) is 3.02. The van der Waals surface area contributed by atoms with Gasteiger partial charge < -0.3 is 9.64 Å². The molecular formula is C16H23N5OS. The number of aromatic nitrogens is 4. The highest BCUT2D eigenvalue weighted by Gasteiger charge is 2.19. The lowest BCUT2D eigenvalue weighted by Gasteiger charge is -2.32. The molecule has 0 radical (unpaired) electrons. The van der Waals surface area contributed by atoms with Crippen molar-refractivity contribution in [2.45, 2.75) is 36.9 Å². The number of nitrogens with zero attached hydrogens (tertiary/aromatic N) is 5. The van der Waals surface area contributed by atoms with Crippen LogP contribution in [0.1, 0.15) is 25.7 Å². The summed E-state index contributed by atoms with van der Waals surface area (Å²) >= 11 is 1.71. The molecule has 2 aromatic rings. The first kappa shape index (κ1) is 16.3. The number of rotatable bonds is 6. The van der Waals surface area contributed by atoms with Gasteiger partial charge in [-0.05, 0) is 55.4 Å². The van der Waals surface area contributed by atoms with Gasteiger partial charge in [-0.1, -0.05) is 30.3 Å². The highest BCUT2D eigenvalue weighted by atomic mass is 32.2. The summed E-state index contributed by atoms with van der Waals surface area (Å²) in [5, 5.41) is 12.9. The average molecular weight is 333 g/mol. The van der Waals surface area contributed by atoms with E-state index in [0.29, 0.717) is 6.04 Å². The van der Waals surface area contributed by atoms with Crippen LogP contribution in [0.4, 0.5) is 0 Å². The molecule has 1 aromatic carbocycles. The maximum Gasteiger partial charge on any atom is 0.214 e. The van der Waals surface area contributed by atoms with Gasteiger partial charge in [0.25, 0.3) is 0 Å². The monoisotopic (exact) mass is 333 g/mol. The quantitative estimate of drug-likeness (QED) is 0.758. The Balaban J connectivity index is 1.65. The molecule has 0 amide bonds. The molecule has 0 spiro atoms. The lowest BCUT2D eigenvalue weighted by Crippen LogP contribution is -2.36. The molecule has 7 heteroatoms. The Kier molecular flexibility index (Phi) is 5.51. The molecule has 0 N–H and O–H groups in total. The number of tetrazole rings is 1. The minimum absolute atomic E-state index is 0.687. The van der Waals surface area contributed by atoms with Crippen molar-refractivity contribution in [3.8, 4) is 11.4 Å². The summed E-state index contributed by atoms with van der Waals surface area (Å²) in [6, 6.07) is 8.48. The van der Waals surface area contributed by atoms with Crippen LogP contribution in [0.25, 0.3) is 5.69 Å². The van der Waals surface area contributed by atoms with Gasteiger partial charge in [-0.25, -0.2) is 0 Å². The highest BCUT2D eigenvalue weighted by molar-refractivity contribution is 7.99. The molecule has 6 nitrogen and oxygen atoms in total. The molecular weight excluding hydrogens is 310 g/mol. The molecule has 1 aliphatic heterocycles. The van der Waals surface area contributed by atoms with Crippen molar-refractivity contribution in [2.24, 2.45) is 0 Å². The van der Waals surface area contributed by atoms with E-state index in [1.807, 2.05) is 24.3 Å². The average Bonchev–Trinajstić information content (AvgIpc) is 3.05. The van der Waals surface area contributed by atoms with Crippen LogP contribution in [0, 0.1) is 0 Å². The molecule has 1 aromatic heterocycles. The number of benzene rings is 1. The fraction of sp³-hybridized carbons (Fsp3) is 0.562. The van der Waals surface area contributed by atoms with Crippen LogP contribution in [0.15, 0.2) is 29.4 Å². The van der Waals surface area contributed by atoms with Crippen molar-refractivity contribution in [2.75, 3.05) is 26.5 Å². The Morgan fingerprint density at radius 2 is 2.17 bits per heavy atom. The first-order valence-electron chi connectivity index (χ1n) is 8.04. The van der Waals surface area contributed by atoms with Gasteiger partial charge in [-0.2, -0.15) is 4.68 Å². The summed E-state index contributed by atoms with van der Waals surface area (Å²) in [7, 11) is 3.89. The number of hydrogen-bond donors (Lipinski definition) is 0. The predicted molar refractivity (Wildman–Crippen MR) is 91.3 cm³/mol. The van der Waals surface area contributed by atoms with E-state index in [1.54, 1.807) is 23.6 Å². The van der Waals surface area contributed by atoms with Gasteiger partial charge in [0.05, 0.1) is 7.11 Å². The van der Waals surface area contributed by atoms with E-state index in [-0.39, 0.29) is 0 Å². The number of piperidine rings is 1. The van der Waals surface area contributed by atoms with Crippen molar-refractivity contribution in [1.82, 2.24) is 25.1 Å². The largest absolute Gasteiger partial charge is 0.494 e. The number of likely N-dealkylation sites (tertiary alicyclic amines) is 1. The maximum absolute atomic E-state index is 5.41. The van der Waals surface area contributed by atoms with Crippen LogP contribution in [-0.2, 0) is 0 Å². The van der Waals surface area contributed by atoms with E-state index < -0.39 is 0 Å². The second-order valence-corrected chi connectivity index (χ2v) is 6.87. The minimum Gasteiger partial charge on any atom is -0.494 e. The van der Waals surface area contributed by atoms with Crippen LogP contribution in [-0.4, -0.2) is 57.6 Å². The molecule has 1 saturated heterocycles. The van der Waals surface area contributed by atoms with Crippen LogP contribution >= 0.6 is 11.8 Å². The standard InChI is InChI=1S/C16H23N5OS/c1-20-11-6-5-7-13(20)10-12-23-16-17-18-19-21(16)14-8-3-4-9-15(14)22-2/h3-4,8-9,13H,5-7,10-12H2,1-2H3/t13-/m0/s1. The third-order valence-corrected chi connectivity index (χ3v) is 5.31. The molecule has 0 aliphatic carbocycles. The van der Waals surface area contributed by atoms with Crippen LogP contribution in [0.3, 0.4) is 0 Å². The summed E-state index contributed by atoms with van der Waals surface area (Å²) in [6.07, 6.45) is 5.14. The van der Waals surface area contributed by atoms with Crippen molar-refractivity contribution in [3.63, 3.8) is 0 Å². The van der Waals surface area contributed by atoms with E-state index in [4.69, 9.17) is 4.74 Å². The lowest BCUT2D eigenvalue weighted by atomic mass is 10.0. The highest BCUT2D eigenvalue weighted by Crippen LogP contribution is 2.27. The number of ether oxygens (including phenoxy) is 1. The number of hydrogen-bond acceptors (Lipinski definition) is 6. The zero-order chi connectivity index (χ0) is 16.1. The summed E-state index contributed by atoms with van der Waals surface area (Å²) in [5.74, 6) is 1.79. The van der Waals surface area contributed by atoms with Gasteiger partial charge in [0, 0.05) is 11.8 Å². The summed E-state index contributed by atoms with van der Waals surface area (Å²) in [4.78, 5) is 2.48. The fourth-order valence-corrected chi connectivity index (χ4v) is 3.94. The van der Waals surface area contributed by atoms with Crippen molar-refractivity contribution < 1.29 is 4.74 Å². The summed E-state index contributed by atoms with van der Waals surface area (Å²) in [6.45, 7) is 1.22. The van der Waals surface area contributed by atoms with Gasteiger partial charge in [-0.15, -0.1) is 5.10 Å². The topological polar surface area (TPSA) is 56.1 Å². The Labute approximate surface area is 141 Å². The smallest absolute Gasteiger partial charge is 0.214 e. The van der Waals surface area contributed by atoms with Crippen LogP contribution in [0.5, 0.6) is 5.75 Å². The summed E-state index contributed by atoms with van der Waals surface area (Å²) < 4.78 is 7.16. The first-order chi connectivity index (χ1) is 11.3. The molecule has 1 atom stereocenters. The third kappa shape index (κ3) is 3.84. The second kappa shape index (κ2) is 7.79. The van der Waals surface area contributed by atoms with Gasteiger partial charge in [-0.3, -0.25) is 0 Å². The first-order valence-corrected chi connectivity index (χ1v) is 9.03. The molecule has 2 heterocycles. The molecule has 0 unspecified atom stereocenters. The van der Waals surface area contributed by atoms with E-state index >= 15 is 0 Å². The molecule has 3 rings (SSSR count). The van der Waals surface area contributed by atoms with Crippen molar-refractivity contribution >= 4 is 11.8 Å². The normalized spacial score (nSPS) is 19.0. The van der Waals surface area contributed by atoms with Crippen molar-refractivity contribution in [3.05, 3.63) is 24.3 Å². The van der Waals surface area contributed by atoms with Crippen molar-refractivity contribution in [1.29, 1.82) is 0 Å². The van der Waals surface area contributed by atoms with Gasteiger partial charge in [0.1, 0.15) is 11.4 Å². The zero-order valence-corrected chi connectivity index (χ0v) is 14.5. The minimum atomic E-state index is 0.687. The van der Waals surface area contributed by atoms with Crippen LogP contribution in [0.2, 0.25) is 0 Å². The van der Waals surface area contributed by atoms with E-state index in [1.165, 1.54) is 32.2 Å². The van der Waals surface area contributed by atoms with Crippen LogP contribution < -0.4 is 4.74 Å². The van der Waals surface area contributed by atoms with E-state index in [0.717, 1.165) is 22.3 Å². The predicted octanol–water partition coefficient (Wildman–Crippen LogP) is 2.64. The third-order valence-electron chi connectivity index (χ3n) is 4.36. The molecule has 23 heavy (non-hydrogen) atoms. The second-order valence-electron chi connectivity index (χ2n) is 5.81. The van der Waals surface area contributed by atoms with Gasteiger partial charge in [0.2, 0.25) is 5.16 Å². The molecule has 124 valence electrons. The SMILES string of the molecule is COc1ccccc1-n1nnnc1SCC[C@@H]1CCCCN1C. The number of para-hydroxylation sites is 2. The Bertz CT molecular complexity index is 632. The number of methoxy groups -OCH3 is 1. The van der Waals surface area contributed by atoms with Gasteiger partial charge >= 0.3 is 0 Å². The Hall–Kier alpha value is -1.60. The zero-order valence-electron chi connectivity index (χ0n) is 13.7. The maximum atomic E-state index is 5.41.